The number of nitrogens with one attached hydrogen (secondary N) is 2. The second kappa shape index (κ2) is 10.3. The topological polar surface area (TPSA) is 105 Å². The van der Waals surface area contributed by atoms with Gasteiger partial charge in [0.25, 0.3) is 5.91 Å². The van der Waals surface area contributed by atoms with Crippen LogP contribution >= 0.6 is 0 Å². The lowest BCUT2D eigenvalue weighted by Gasteiger charge is -2.30. The molecule has 0 heterocycles. The van der Waals surface area contributed by atoms with Crippen molar-refractivity contribution in [1.29, 1.82) is 0 Å². The quantitative estimate of drug-likeness (QED) is 0.579. The number of anilines is 1. The average Bonchev–Trinajstić information content (AvgIpc) is 2.78. The Morgan fingerprint density at radius 2 is 1.59 bits per heavy atom. The maximum atomic E-state index is 12.4. The van der Waals surface area contributed by atoms with Gasteiger partial charge < -0.3 is 20.5 Å². The van der Waals surface area contributed by atoms with Crippen molar-refractivity contribution in [3.63, 3.8) is 0 Å². The van der Waals surface area contributed by atoms with E-state index in [9.17, 15) is 19.5 Å². The summed E-state index contributed by atoms with van der Waals surface area (Å²) in [5.41, 5.74) is 0.619. The van der Waals surface area contributed by atoms with E-state index in [0.717, 1.165) is 25.7 Å². The fourth-order valence-corrected chi connectivity index (χ4v) is 3.85. The SMILES string of the molecule is CC(C)(NC(=O)[C@H]1CC[C@H](c2ccc(NC(=O)COc3ccccc3)cc2)CC1)C(=O)O. The highest BCUT2D eigenvalue weighted by Gasteiger charge is 2.33. The Balaban J connectivity index is 1.46. The number of para-hydroxylation sites is 1. The van der Waals surface area contributed by atoms with E-state index >= 15 is 0 Å². The van der Waals surface area contributed by atoms with Gasteiger partial charge in [0.15, 0.2) is 6.61 Å². The van der Waals surface area contributed by atoms with Crippen LogP contribution in [0.1, 0.15) is 51.0 Å². The molecule has 170 valence electrons. The number of rotatable bonds is 8. The molecule has 2 aromatic rings. The highest BCUT2D eigenvalue weighted by Crippen LogP contribution is 2.36. The largest absolute Gasteiger partial charge is 0.484 e. The average molecular weight is 439 g/mol. The first-order chi connectivity index (χ1) is 15.2. The van der Waals surface area contributed by atoms with Gasteiger partial charge in [0.2, 0.25) is 5.91 Å². The summed E-state index contributed by atoms with van der Waals surface area (Å²) in [7, 11) is 0. The summed E-state index contributed by atoms with van der Waals surface area (Å²) in [6.07, 6.45) is 3.17. The molecule has 1 aliphatic rings. The molecule has 2 aromatic carbocycles. The molecule has 0 saturated heterocycles. The molecule has 0 atom stereocenters. The van der Waals surface area contributed by atoms with Gasteiger partial charge in [0.1, 0.15) is 11.3 Å². The molecule has 3 rings (SSSR count). The third kappa shape index (κ3) is 6.33. The van der Waals surface area contributed by atoms with Crippen LogP contribution in [-0.2, 0) is 14.4 Å². The number of carbonyl (C=O) groups excluding carboxylic acids is 2. The zero-order valence-corrected chi connectivity index (χ0v) is 18.5. The van der Waals surface area contributed by atoms with Crippen LogP contribution in [0.2, 0.25) is 0 Å². The minimum absolute atomic E-state index is 0.0590. The lowest BCUT2D eigenvalue weighted by atomic mass is 9.78. The van der Waals surface area contributed by atoms with Crippen molar-refractivity contribution < 1.29 is 24.2 Å². The molecule has 0 aromatic heterocycles. The van der Waals surface area contributed by atoms with E-state index in [1.807, 2.05) is 42.5 Å². The first-order valence-electron chi connectivity index (χ1n) is 10.9. The van der Waals surface area contributed by atoms with Gasteiger partial charge in [0, 0.05) is 11.6 Å². The molecule has 1 saturated carbocycles. The van der Waals surface area contributed by atoms with Crippen molar-refractivity contribution in [2.75, 3.05) is 11.9 Å². The molecule has 0 radical (unpaired) electrons. The molecule has 1 fully saturated rings. The number of hydrogen-bond acceptors (Lipinski definition) is 4. The monoisotopic (exact) mass is 438 g/mol. The van der Waals surface area contributed by atoms with Crippen LogP contribution in [0.25, 0.3) is 0 Å². The number of amides is 2. The fraction of sp³-hybridized carbons (Fsp3) is 0.400. The maximum Gasteiger partial charge on any atom is 0.328 e. The molecule has 1 aliphatic carbocycles. The molecule has 0 bridgehead atoms. The third-order valence-electron chi connectivity index (χ3n) is 5.85. The van der Waals surface area contributed by atoms with Gasteiger partial charge in [-0.25, -0.2) is 4.79 Å². The Morgan fingerprint density at radius 1 is 0.969 bits per heavy atom. The van der Waals surface area contributed by atoms with Gasteiger partial charge in [-0.3, -0.25) is 9.59 Å². The van der Waals surface area contributed by atoms with E-state index < -0.39 is 11.5 Å². The minimum Gasteiger partial charge on any atom is -0.484 e. The summed E-state index contributed by atoms with van der Waals surface area (Å²) >= 11 is 0. The van der Waals surface area contributed by atoms with E-state index in [4.69, 9.17) is 4.74 Å². The van der Waals surface area contributed by atoms with Crippen molar-refractivity contribution in [2.24, 2.45) is 5.92 Å². The number of carbonyl (C=O) groups is 3. The highest BCUT2D eigenvalue weighted by molar-refractivity contribution is 5.91. The van der Waals surface area contributed by atoms with Gasteiger partial charge in [0.05, 0.1) is 0 Å². The molecule has 7 heteroatoms. The predicted molar refractivity (Wildman–Crippen MR) is 122 cm³/mol. The Morgan fingerprint density at radius 3 is 2.19 bits per heavy atom. The summed E-state index contributed by atoms with van der Waals surface area (Å²) in [5.74, 6) is -0.623. The van der Waals surface area contributed by atoms with Crippen molar-refractivity contribution in [2.45, 2.75) is 51.0 Å². The number of hydrogen-bond donors (Lipinski definition) is 3. The summed E-state index contributed by atoms with van der Waals surface area (Å²) in [5, 5.41) is 14.7. The Hall–Kier alpha value is -3.35. The van der Waals surface area contributed by atoms with Crippen molar-refractivity contribution in [1.82, 2.24) is 5.32 Å². The highest BCUT2D eigenvalue weighted by atomic mass is 16.5. The number of aliphatic carboxylic acids is 1. The van der Waals surface area contributed by atoms with Gasteiger partial charge in [-0.15, -0.1) is 0 Å². The number of benzene rings is 2. The van der Waals surface area contributed by atoms with Crippen LogP contribution in [-0.4, -0.2) is 35.0 Å². The van der Waals surface area contributed by atoms with E-state index in [2.05, 4.69) is 10.6 Å². The molecular formula is C25H30N2O5. The second-order valence-electron chi connectivity index (χ2n) is 8.74. The van der Waals surface area contributed by atoms with Crippen molar-refractivity contribution in [3.05, 3.63) is 60.2 Å². The zero-order chi connectivity index (χ0) is 23.1. The summed E-state index contributed by atoms with van der Waals surface area (Å²) in [6, 6.07) is 17.0. The van der Waals surface area contributed by atoms with Crippen LogP contribution in [0.5, 0.6) is 5.75 Å². The molecular weight excluding hydrogens is 408 g/mol. The second-order valence-corrected chi connectivity index (χ2v) is 8.74. The van der Waals surface area contributed by atoms with Crippen LogP contribution in [0.4, 0.5) is 5.69 Å². The van der Waals surface area contributed by atoms with Crippen LogP contribution in [0.3, 0.4) is 0 Å². The summed E-state index contributed by atoms with van der Waals surface area (Å²) in [4.78, 5) is 35.8. The Kier molecular flexibility index (Phi) is 7.51. The van der Waals surface area contributed by atoms with Gasteiger partial charge in [-0.1, -0.05) is 30.3 Å². The number of carboxylic acid groups (broad SMARTS) is 1. The van der Waals surface area contributed by atoms with E-state index in [1.165, 1.54) is 19.4 Å². The minimum atomic E-state index is -1.26. The fourth-order valence-electron chi connectivity index (χ4n) is 3.85. The lowest BCUT2D eigenvalue weighted by Crippen LogP contribution is -2.51. The molecule has 7 nitrogen and oxygen atoms in total. The van der Waals surface area contributed by atoms with Crippen LogP contribution in [0.15, 0.2) is 54.6 Å². The van der Waals surface area contributed by atoms with Crippen LogP contribution in [0, 0.1) is 5.92 Å². The van der Waals surface area contributed by atoms with Crippen LogP contribution < -0.4 is 15.4 Å². The van der Waals surface area contributed by atoms with Crippen molar-refractivity contribution in [3.8, 4) is 5.75 Å². The molecule has 32 heavy (non-hydrogen) atoms. The molecule has 2 amide bonds. The van der Waals surface area contributed by atoms with Crippen molar-refractivity contribution >= 4 is 23.5 Å². The predicted octanol–water partition coefficient (Wildman–Crippen LogP) is 3.96. The molecule has 3 N–H and O–H groups in total. The zero-order valence-electron chi connectivity index (χ0n) is 18.5. The molecule has 0 unspecified atom stereocenters. The standard InChI is InChI=1S/C25H30N2O5/c1-25(2,24(30)31)27-23(29)19-10-8-17(9-11-19)18-12-14-20(15-13-18)26-22(28)16-32-21-6-4-3-5-7-21/h3-7,12-15,17,19H,8-11,16H2,1-2H3,(H,26,28)(H,27,29)(H,30,31)/t17-,19-. The Bertz CT molecular complexity index is 933. The van der Waals surface area contributed by atoms with E-state index in [1.54, 1.807) is 12.1 Å². The van der Waals surface area contributed by atoms with E-state index in [-0.39, 0.29) is 24.3 Å². The van der Waals surface area contributed by atoms with E-state index in [0.29, 0.717) is 17.4 Å². The summed E-state index contributed by atoms with van der Waals surface area (Å²) < 4.78 is 5.45. The Labute approximate surface area is 188 Å². The first-order valence-corrected chi connectivity index (χ1v) is 10.9. The van der Waals surface area contributed by atoms with Gasteiger partial charge >= 0.3 is 5.97 Å². The molecule has 0 spiro atoms. The normalized spacial score (nSPS) is 18.4. The lowest BCUT2D eigenvalue weighted by molar-refractivity contribution is -0.146. The third-order valence-corrected chi connectivity index (χ3v) is 5.85. The van der Waals surface area contributed by atoms with Gasteiger partial charge in [-0.05, 0) is 75.3 Å². The number of carboxylic acids is 1. The smallest absolute Gasteiger partial charge is 0.328 e. The molecule has 0 aliphatic heterocycles. The summed E-state index contributed by atoms with van der Waals surface area (Å²) in [6.45, 7) is 2.93. The maximum absolute atomic E-state index is 12.4. The first kappa shape index (κ1) is 23.3. The number of ether oxygens (including phenoxy) is 1. The van der Waals surface area contributed by atoms with Gasteiger partial charge in [-0.2, -0.15) is 0 Å².